The van der Waals surface area contributed by atoms with E-state index in [0.29, 0.717) is 6.04 Å². The molecule has 114 valence electrons. The predicted molar refractivity (Wildman–Crippen MR) is 86.3 cm³/mol. The minimum Gasteiger partial charge on any atom is -0.496 e. The van der Waals surface area contributed by atoms with Crippen LogP contribution in [0.5, 0.6) is 5.75 Å². The fourth-order valence-electron chi connectivity index (χ4n) is 2.82. The van der Waals surface area contributed by atoms with E-state index >= 15 is 0 Å². The number of carbonyl (C=O) groups is 1. The lowest BCUT2D eigenvalue weighted by atomic mass is 9.97. The van der Waals surface area contributed by atoms with Crippen molar-refractivity contribution >= 4 is 12.0 Å². The van der Waals surface area contributed by atoms with Gasteiger partial charge >= 0.3 is 0 Å². The van der Waals surface area contributed by atoms with Crippen molar-refractivity contribution in [2.24, 2.45) is 0 Å². The molecule has 0 radical (unpaired) electrons. The molecule has 1 aromatic rings. The number of nitrogens with one attached hydrogen (secondary N) is 1. The summed E-state index contributed by atoms with van der Waals surface area (Å²) < 4.78 is 5.28. The van der Waals surface area contributed by atoms with Crippen molar-refractivity contribution in [3.8, 4) is 5.75 Å². The zero-order valence-corrected chi connectivity index (χ0v) is 12.8. The number of hydrogen-bond acceptors (Lipinski definition) is 2. The van der Waals surface area contributed by atoms with Gasteiger partial charge in [-0.2, -0.15) is 0 Å². The van der Waals surface area contributed by atoms with Crippen LogP contribution in [0.1, 0.15) is 50.5 Å². The van der Waals surface area contributed by atoms with Crippen LogP contribution >= 0.6 is 0 Å². The molecule has 21 heavy (non-hydrogen) atoms. The molecule has 1 N–H and O–H groups in total. The summed E-state index contributed by atoms with van der Waals surface area (Å²) in [6.45, 7) is 0. The number of ether oxygens (including phenoxy) is 1. The molecule has 1 aliphatic rings. The third-order valence-electron chi connectivity index (χ3n) is 4.00. The van der Waals surface area contributed by atoms with Crippen molar-refractivity contribution in [1.82, 2.24) is 5.32 Å². The SMILES string of the molecule is COc1ccccc1/C=C/C(=O)NC1CCCCCCC1. The van der Waals surface area contributed by atoms with Crippen LogP contribution in [0.3, 0.4) is 0 Å². The van der Waals surface area contributed by atoms with Gasteiger partial charge < -0.3 is 10.1 Å². The first-order chi connectivity index (χ1) is 10.3. The van der Waals surface area contributed by atoms with Gasteiger partial charge in [-0.25, -0.2) is 0 Å². The Kier molecular flexibility index (Phi) is 6.32. The van der Waals surface area contributed by atoms with Crippen LogP contribution in [0.2, 0.25) is 0 Å². The van der Waals surface area contributed by atoms with Crippen molar-refractivity contribution in [1.29, 1.82) is 0 Å². The Morgan fingerprint density at radius 1 is 1.14 bits per heavy atom. The molecule has 0 atom stereocenters. The van der Waals surface area contributed by atoms with E-state index in [1.54, 1.807) is 13.2 Å². The quantitative estimate of drug-likeness (QED) is 0.852. The van der Waals surface area contributed by atoms with Crippen LogP contribution in [0.15, 0.2) is 30.3 Å². The van der Waals surface area contributed by atoms with Crippen molar-refractivity contribution in [3.63, 3.8) is 0 Å². The van der Waals surface area contributed by atoms with Gasteiger partial charge in [0.25, 0.3) is 0 Å². The van der Waals surface area contributed by atoms with E-state index in [9.17, 15) is 4.79 Å². The van der Waals surface area contributed by atoms with E-state index in [1.165, 1.54) is 32.1 Å². The number of amides is 1. The zero-order valence-electron chi connectivity index (χ0n) is 12.8. The van der Waals surface area contributed by atoms with Crippen LogP contribution in [0.4, 0.5) is 0 Å². The fraction of sp³-hybridized carbons (Fsp3) is 0.500. The highest BCUT2D eigenvalue weighted by molar-refractivity contribution is 5.92. The van der Waals surface area contributed by atoms with Crippen LogP contribution in [0, 0.1) is 0 Å². The molecule has 0 spiro atoms. The number of para-hydroxylation sites is 1. The summed E-state index contributed by atoms with van der Waals surface area (Å²) in [6, 6.07) is 8.03. The third kappa shape index (κ3) is 5.25. The minimum atomic E-state index is -0.00789. The van der Waals surface area contributed by atoms with Gasteiger partial charge in [0.1, 0.15) is 5.75 Å². The second-order valence-corrected chi connectivity index (χ2v) is 5.63. The average molecular weight is 287 g/mol. The first-order valence-electron chi connectivity index (χ1n) is 7.91. The molecule has 1 aromatic carbocycles. The van der Waals surface area contributed by atoms with E-state index in [-0.39, 0.29) is 5.91 Å². The molecular formula is C18H25NO2. The Morgan fingerprint density at radius 3 is 2.52 bits per heavy atom. The van der Waals surface area contributed by atoms with Crippen molar-refractivity contribution in [2.45, 2.75) is 51.0 Å². The predicted octanol–water partition coefficient (Wildman–Crippen LogP) is 3.94. The van der Waals surface area contributed by atoms with Gasteiger partial charge in [-0.3, -0.25) is 4.79 Å². The standard InChI is InChI=1S/C18H25NO2/c1-21-17-12-8-7-9-15(17)13-14-18(20)19-16-10-5-3-2-4-6-11-16/h7-9,12-14,16H,2-6,10-11H2,1H3,(H,19,20)/b14-13+. The molecule has 2 rings (SSSR count). The molecule has 0 saturated heterocycles. The van der Waals surface area contributed by atoms with E-state index in [4.69, 9.17) is 4.74 Å². The van der Waals surface area contributed by atoms with Crippen LogP contribution < -0.4 is 10.1 Å². The Bertz CT molecular complexity index is 474. The molecule has 0 bridgehead atoms. The summed E-state index contributed by atoms with van der Waals surface area (Å²) >= 11 is 0. The van der Waals surface area contributed by atoms with Crippen LogP contribution in [-0.4, -0.2) is 19.1 Å². The van der Waals surface area contributed by atoms with E-state index < -0.39 is 0 Å². The number of hydrogen-bond donors (Lipinski definition) is 1. The minimum absolute atomic E-state index is 0.00789. The lowest BCUT2D eigenvalue weighted by Crippen LogP contribution is -2.34. The first kappa shape index (κ1) is 15.6. The largest absolute Gasteiger partial charge is 0.496 e. The number of rotatable bonds is 4. The number of methoxy groups -OCH3 is 1. The smallest absolute Gasteiger partial charge is 0.244 e. The molecule has 0 unspecified atom stereocenters. The van der Waals surface area contributed by atoms with Gasteiger partial charge in [0.2, 0.25) is 5.91 Å². The summed E-state index contributed by atoms with van der Waals surface area (Å²) in [5.41, 5.74) is 0.924. The normalized spacial score (nSPS) is 17.2. The van der Waals surface area contributed by atoms with Gasteiger partial charge in [-0.05, 0) is 25.0 Å². The molecule has 3 heteroatoms. The molecule has 0 heterocycles. The second kappa shape index (κ2) is 8.50. The highest BCUT2D eigenvalue weighted by Crippen LogP contribution is 2.19. The maximum absolute atomic E-state index is 12.0. The highest BCUT2D eigenvalue weighted by Gasteiger charge is 2.12. The van der Waals surface area contributed by atoms with Gasteiger partial charge in [0.05, 0.1) is 7.11 Å². The Morgan fingerprint density at radius 2 is 1.81 bits per heavy atom. The van der Waals surface area contributed by atoms with E-state index in [1.807, 2.05) is 30.3 Å². The first-order valence-corrected chi connectivity index (χ1v) is 7.91. The number of carbonyl (C=O) groups excluding carboxylic acids is 1. The van der Waals surface area contributed by atoms with Gasteiger partial charge in [-0.1, -0.05) is 50.3 Å². The van der Waals surface area contributed by atoms with Gasteiger partial charge in [0, 0.05) is 17.7 Å². The molecule has 1 saturated carbocycles. The lowest BCUT2D eigenvalue weighted by molar-refractivity contribution is -0.117. The van der Waals surface area contributed by atoms with Gasteiger partial charge in [0.15, 0.2) is 0 Å². The van der Waals surface area contributed by atoms with Crippen LogP contribution in [-0.2, 0) is 4.79 Å². The summed E-state index contributed by atoms with van der Waals surface area (Å²) in [5.74, 6) is 0.777. The topological polar surface area (TPSA) is 38.3 Å². The maximum Gasteiger partial charge on any atom is 0.244 e. The molecule has 3 nitrogen and oxygen atoms in total. The second-order valence-electron chi connectivity index (χ2n) is 5.63. The summed E-state index contributed by atoms with van der Waals surface area (Å²) in [5, 5.41) is 3.13. The molecule has 0 aromatic heterocycles. The van der Waals surface area contributed by atoms with E-state index in [0.717, 1.165) is 24.2 Å². The molecule has 1 aliphatic carbocycles. The van der Waals surface area contributed by atoms with Crippen molar-refractivity contribution < 1.29 is 9.53 Å². The van der Waals surface area contributed by atoms with Gasteiger partial charge in [-0.15, -0.1) is 0 Å². The fourth-order valence-corrected chi connectivity index (χ4v) is 2.82. The lowest BCUT2D eigenvalue weighted by Gasteiger charge is -2.20. The Balaban J connectivity index is 1.89. The summed E-state index contributed by atoms with van der Waals surface area (Å²) in [7, 11) is 1.64. The summed E-state index contributed by atoms with van der Waals surface area (Å²) in [6.07, 6.45) is 12.0. The molecule has 1 fully saturated rings. The molecular weight excluding hydrogens is 262 g/mol. The Hall–Kier alpha value is -1.77. The van der Waals surface area contributed by atoms with Crippen LogP contribution in [0.25, 0.3) is 6.08 Å². The zero-order chi connectivity index (χ0) is 14.9. The molecule has 0 aliphatic heterocycles. The monoisotopic (exact) mass is 287 g/mol. The average Bonchev–Trinajstić information content (AvgIpc) is 2.48. The third-order valence-corrected chi connectivity index (χ3v) is 4.00. The van der Waals surface area contributed by atoms with Crippen molar-refractivity contribution in [2.75, 3.05) is 7.11 Å². The van der Waals surface area contributed by atoms with E-state index in [2.05, 4.69) is 5.32 Å². The van der Waals surface area contributed by atoms with Crippen molar-refractivity contribution in [3.05, 3.63) is 35.9 Å². The Labute approximate surface area is 127 Å². The maximum atomic E-state index is 12.0. The summed E-state index contributed by atoms with van der Waals surface area (Å²) in [4.78, 5) is 12.0. The number of benzene rings is 1. The highest BCUT2D eigenvalue weighted by atomic mass is 16.5. The molecule has 1 amide bonds.